The molecule has 0 fully saturated rings. The van der Waals surface area contributed by atoms with Crippen molar-refractivity contribution in [3.8, 4) is 0 Å². The van der Waals surface area contributed by atoms with Gasteiger partial charge in [-0.25, -0.2) is 0 Å². The first-order valence-electron chi connectivity index (χ1n) is 8.58. The average molecular weight is 326 g/mol. The second-order valence-electron chi connectivity index (χ2n) is 6.31. The van der Waals surface area contributed by atoms with Gasteiger partial charge in [0.2, 0.25) is 0 Å². The van der Waals surface area contributed by atoms with Crippen LogP contribution in [0.3, 0.4) is 0 Å². The van der Waals surface area contributed by atoms with Crippen molar-refractivity contribution in [1.82, 2.24) is 0 Å². The van der Waals surface area contributed by atoms with Crippen molar-refractivity contribution in [2.24, 2.45) is 0 Å². The van der Waals surface area contributed by atoms with Gasteiger partial charge in [0.15, 0.2) is 0 Å². The summed E-state index contributed by atoms with van der Waals surface area (Å²) in [5, 5.41) is 0. The number of unbranched alkanes of at least 4 members (excludes halogenated alkanes) is 7. The molecule has 20 heavy (non-hydrogen) atoms. The van der Waals surface area contributed by atoms with Crippen molar-refractivity contribution in [1.29, 1.82) is 0 Å². The van der Waals surface area contributed by atoms with Crippen molar-refractivity contribution >= 4 is 11.6 Å². The van der Waals surface area contributed by atoms with Crippen LogP contribution in [0.15, 0.2) is 0 Å². The van der Waals surface area contributed by atoms with Gasteiger partial charge in [0, 0.05) is 12.3 Å². The van der Waals surface area contributed by atoms with Gasteiger partial charge in [-0.15, -0.1) is 11.6 Å². The summed E-state index contributed by atoms with van der Waals surface area (Å²) in [6.07, 6.45) is 13.7. The number of nitrogens with zero attached hydrogens (tertiary/aromatic N) is 1. The fourth-order valence-electron chi connectivity index (χ4n) is 2.79. The lowest BCUT2D eigenvalue weighted by atomic mass is 10.1. The van der Waals surface area contributed by atoms with Gasteiger partial charge in [-0.05, 0) is 25.7 Å². The van der Waals surface area contributed by atoms with Crippen molar-refractivity contribution in [2.45, 2.75) is 78.1 Å². The van der Waals surface area contributed by atoms with E-state index >= 15 is 0 Å². The lowest BCUT2D eigenvalue weighted by Crippen LogP contribution is -3.00. The maximum atomic E-state index is 5.88. The van der Waals surface area contributed by atoms with E-state index in [1.54, 1.807) is 0 Å². The molecule has 0 rings (SSSR count). The van der Waals surface area contributed by atoms with Crippen LogP contribution in [0.25, 0.3) is 0 Å². The van der Waals surface area contributed by atoms with Gasteiger partial charge in [0.25, 0.3) is 0 Å². The molecule has 0 aliphatic heterocycles. The zero-order valence-corrected chi connectivity index (χ0v) is 15.6. The monoisotopic (exact) mass is 325 g/mol. The van der Waals surface area contributed by atoms with E-state index in [2.05, 4.69) is 20.9 Å². The summed E-state index contributed by atoms with van der Waals surface area (Å²) in [6, 6.07) is 0. The highest BCUT2D eigenvalue weighted by molar-refractivity contribution is 6.17. The van der Waals surface area contributed by atoms with Crippen LogP contribution >= 0.6 is 11.6 Å². The van der Waals surface area contributed by atoms with Crippen molar-refractivity contribution in [2.75, 3.05) is 32.6 Å². The Morgan fingerprint density at radius 3 is 1.50 bits per heavy atom. The highest BCUT2D eigenvalue weighted by Gasteiger charge is 2.19. The first-order valence-corrected chi connectivity index (χ1v) is 9.11. The summed E-state index contributed by atoms with van der Waals surface area (Å²) in [4.78, 5) is 0. The van der Waals surface area contributed by atoms with E-state index in [-0.39, 0.29) is 12.4 Å². The summed E-state index contributed by atoms with van der Waals surface area (Å²) in [5.41, 5.74) is 0. The highest BCUT2D eigenvalue weighted by atomic mass is 35.5. The zero-order chi connectivity index (χ0) is 14.4. The normalized spacial score (nSPS) is 13.8. The van der Waals surface area contributed by atoms with Crippen molar-refractivity contribution in [3.63, 3.8) is 0 Å². The van der Waals surface area contributed by atoms with Crippen molar-refractivity contribution in [3.05, 3.63) is 0 Å². The van der Waals surface area contributed by atoms with Crippen LogP contribution in [0.2, 0.25) is 0 Å². The predicted molar refractivity (Wildman–Crippen MR) is 89.0 cm³/mol. The second-order valence-corrected chi connectivity index (χ2v) is 6.69. The molecule has 0 amide bonds. The van der Waals surface area contributed by atoms with Gasteiger partial charge in [0.05, 0.1) is 26.7 Å². The topological polar surface area (TPSA) is 0 Å². The Hall–Kier alpha value is 0.540. The minimum absolute atomic E-state index is 0. The van der Waals surface area contributed by atoms with Crippen molar-refractivity contribution < 1.29 is 16.9 Å². The number of quaternary nitrogens is 1. The molecule has 1 unspecified atom stereocenters. The molecule has 0 saturated heterocycles. The Morgan fingerprint density at radius 1 is 0.650 bits per heavy atom. The summed E-state index contributed by atoms with van der Waals surface area (Å²) in [7, 11) is 2.44. The van der Waals surface area contributed by atoms with E-state index in [0.717, 1.165) is 5.88 Å². The van der Waals surface area contributed by atoms with Gasteiger partial charge < -0.3 is 16.9 Å². The van der Waals surface area contributed by atoms with E-state index in [1.807, 2.05) is 0 Å². The quantitative estimate of drug-likeness (QED) is 0.261. The van der Waals surface area contributed by atoms with E-state index < -0.39 is 0 Å². The van der Waals surface area contributed by atoms with E-state index in [0.29, 0.717) is 0 Å². The molecule has 0 aromatic heterocycles. The molecular weight excluding hydrogens is 289 g/mol. The number of halogens is 2. The number of hydrogen-bond donors (Lipinski definition) is 0. The van der Waals surface area contributed by atoms with E-state index in [4.69, 9.17) is 11.6 Å². The Bertz CT molecular complexity index is 188. The molecule has 3 heteroatoms. The molecular formula is C17H37Cl2N. The molecule has 0 spiro atoms. The zero-order valence-electron chi connectivity index (χ0n) is 14.1. The van der Waals surface area contributed by atoms with Gasteiger partial charge in [-0.2, -0.15) is 0 Å². The molecule has 0 bridgehead atoms. The molecule has 0 heterocycles. The lowest BCUT2D eigenvalue weighted by Gasteiger charge is -2.35. The first-order chi connectivity index (χ1) is 9.18. The van der Waals surface area contributed by atoms with Crippen LogP contribution in [0, 0.1) is 0 Å². The summed E-state index contributed by atoms with van der Waals surface area (Å²) < 4.78 is 1.25. The Labute approximate surface area is 139 Å². The minimum atomic E-state index is 0. The average Bonchev–Trinajstić information content (AvgIpc) is 2.41. The standard InChI is InChI=1S/C17H37ClN.ClH/c1-4-6-8-10-12-16-19(3,17-13-14-18)15-11-9-7-5-2;/h4-17H2,1-3H3;1H/q+1;/p-1. The molecule has 1 nitrogen and oxygen atoms in total. The van der Waals surface area contributed by atoms with Gasteiger partial charge >= 0.3 is 0 Å². The number of rotatable bonds is 14. The van der Waals surface area contributed by atoms with E-state index in [1.165, 1.54) is 88.3 Å². The molecule has 0 N–H and O–H groups in total. The smallest absolute Gasteiger partial charge is 0.0796 e. The van der Waals surface area contributed by atoms with Crippen LogP contribution in [0.1, 0.15) is 78.1 Å². The predicted octanol–water partition coefficient (Wildman–Crippen LogP) is 2.62. The maximum absolute atomic E-state index is 5.88. The SMILES string of the molecule is CCCCCCC[N+](C)(CCCCl)CCCCCC.[Cl-]. The molecule has 0 saturated carbocycles. The van der Waals surface area contributed by atoms with Gasteiger partial charge in [-0.3, -0.25) is 0 Å². The molecule has 0 aromatic carbocycles. The number of alkyl halides is 1. The van der Waals surface area contributed by atoms with Crippen LogP contribution in [0.4, 0.5) is 0 Å². The third-order valence-electron chi connectivity index (χ3n) is 4.18. The maximum Gasteiger partial charge on any atom is 0.0796 e. The molecule has 0 aliphatic rings. The molecule has 124 valence electrons. The third-order valence-corrected chi connectivity index (χ3v) is 4.45. The Kier molecular flexibility index (Phi) is 18.2. The summed E-state index contributed by atoms with van der Waals surface area (Å²) in [6.45, 7) is 8.55. The fraction of sp³-hybridized carbons (Fsp3) is 1.00. The van der Waals surface area contributed by atoms with Crippen LogP contribution in [0.5, 0.6) is 0 Å². The van der Waals surface area contributed by atoms with E-state index in [9.17, 15) is 0 Å². The fourth-order valence-corrected chi connectivity index (χ4v) is 2.91. The van der Waals surface area contributed by atoms with Gasteiger partial charge in [0.1, 0.15) is 0 Å². The molecule has 0 aromatic rings. The Balaban J connectivity index is 0. The first kappa shape index (κ1) is 22.8. The van der Waals surface area contributed by atoms with Crippen LogP contribution in [-0.4, -0.2) is 37.0 Å². The summed E-state index contributed by atoms with van der Waals surface area (Å²) >= 11 is 5.88. The minimum Gasteiger partial charge on any atom is -1.00 e. The lowest BCUT2D eigenvalue weighted by molar-refractivity contribution is -0.910. The van der Waals surface area contributed by atoms with Crippen LogP contribution < -0.4 is 12.4 Å². The second kappa shape index (κ2) is 15.9. The Morgan fingerprint density at radius 2 is 1.05 bits per heavy atom. The molecule has 0 aliphatic carbocycles. The molecule has 1 atom stereocenters. The van der Waals surface area contributed by atoms with Crippen LogP contribution in [-0.2, 0) is 0 Å². The van der Waals surface area contributed by atoms with Gasteiger partial charge in [-0.1, -0.05) is 46.0 Å². The number of hydrogen-bond acceptors (Lipinski definition) is 0. The largest absolute Gasteiger partial charge is 1.00 e. The third kappa shape index (κ3) is 13.5. The molecule has 0 radical (unpaired) electrons. The highest BCUT2D eigenvalue weighted by Crippen LogP contribution is 2.13. The summed E-state index contributed by atoms with van der Waals surface area (Å²) in [5.74, 6) is 0.818.